The largest absolute Gasteiger partial charge is 0.481 e. The Morgan fingerprint density at radius 2 is 1.44 bits per heavy atom. The summed E-state index contributed by atoms with van der Waals surface area (Å²) in [5.41, 5.74) is 11.5. The second-order valence-electron chi connectivity index (χ2n) is 7.59. The monoisotopic (exact) mass is 479 g/mol. The number of amides is 4. The van der Waals surface area contributed by atoms with Gasteiger partial charge in [0.05, 0.1) is 12.5 Å². The summed E-state index contributed by atoms with van der Waals surface area (Å²) in [4.78, 5) is 71.0. The number of rotatable bonds is 14. The van der Waals surface area contributed by atoms with E-state index in [4.69, 9.17) is 21.7 Å². The van der Waals surface area contributed by atoms with E-state index in [1.165, 1.54) is 6.92 Å². The highest BCUT2D eigenvalue weighted by molar-refractivity contribution is 5.96. The number of nitrogens with one attached hydrogen (secondary N) is 3. The van der Waals surface area contributed by atoms with Gasteiger partial charge in [-0.2, -0.15) is 0 Å². The van der Waals surface area contributed by atoms with Crippen molar-refractivity contribution in [2.45, 2.75) is 56.8 Å². The zero-order chi connectivity index (χ0) is 25.8. The molecule has 1 rings (SSSR count). The fraction of sp³-hybridized carbons (Fsp3) is 0.429. The van der Waals surface area contributed by atoms with Crippen molar-refractivity contribution in [2.24, 2.45) is 11.5 Å². The molecule has 0 fully saturated rings. The molecule has 0 aliphatic rings. The first-order valence-electron chi connectivity index (χ1n) is 10.3. The van der Waals surface area contributed by atoms with E-state index in [1.54, 1.807) is 30.3 Å². The molecule has 9 N–H and O–H groups in total. The number of hydrogen-bond acceptors (Lipinski definition) is 7. The van der Waals surface area contributed by atoms with Gasteiger partial charge in [-0.3, -0.25) is 28.8 Å². The van der Waals surface area contributed by atoms with E-state index in [1.807, 2.05) is 0 Å². The van der Waals surface area contributed by atoms with Gasteiger partial charge < -0.3 is 37.6 Å². The molecule has 0 heterocycles. The van der Waals surface area contributed by atoms with Crippen LogP contribution in [0.4, 0.5) is 0 Å². The molecule has 0 saturated carbocycles. The van der Waals surface area contributed by atoms with Crippen molar-refractivity contribution >= 4 is 35.6 Å². The molecule has 0 aromatic heterocycles. The predicted molar refractivity (Wildman–Crippen MR) is 118 cm³/mol. The lowest BCUT2D eigenvalue weighted by atomic mass is 10.0. The van der Waals surface area contributed by atoms with Gasteiger partial charge in [0, 0.05) is 12.8 Å². The number of primary amides is 1. The Morgan fingerprint density at radius 1 is 0.882 bits per heavy atom. The van der Waals surface area contributed by atoms with Crippen molar-refractivity contribution in [3.8, 4) is 0 Å². The maximum Gasteiger partial charge on any atom is 0.325 e. The number of benzene rings is 1. The molecule has 4 amide bonds. The van der Waals surface area contributed by atoms with E-state index in [2.05, 4.69) is 16.0 Å². The van der Waals surface area contributed by atoms with E-state index >= 15 is 0 Å². The van der Waals surface area contributed by atoms with Crippen LogP contribution in [0.2, 0.25) is 0 Å². The predicted octanol–water partition coefficient (Wildman–Crippen LogP) is -2.14. The zero-order valence-electron chi connectivity index (χ0n) is 18.5. The summed E-state index contributed by atoms with van der Waals surface area (Å²) in [6, 6.07) is 3.31. The molecule has 1 aromatic carbocycles. The van der Waals surface area contributed by atoms with Gasteiger partial charge in [-0.25, -0.2) is 0 Å². The number of carbonyl (C=O) groups is 6. The van der Waals surface area contributed by atoms with Gasteiger partial charge in [-0.1, -0.05) is 30.3 Å². The van der Waals surface area contributed by atoms with Crippen molar-refractivity contribution in [3.05, 3.63) is 35.9 Å². The van der Waals surface area contributed by atoms with Crippen LogP contribution in [0.5, 0.6) is 0 Å². The fourth-order valence-electron chi connectivity index (χ4n) is 2.81. The van der Waals surface area contributed by atoms with Crippen LogP contribution in [0.25, 0.3) is 0 Å². The molecule has 186 valence electrons. The topological polar surface area (TPSA) is 231 Å². The molecular formula is C21H29N5O8. The third-order valence-corrected chi connectivity index (χ3v) is 4.69. The normalized spacial score (nSPS) is 14.1. The standard InChI is InChI=1S/C21H29N5O8/c1-11(21(33)34)24-19(31)15(10-16(23)27)26-20(32)14(9-12-5-3-2-4-6-12)25-18(30)13(22)7-8-17(28)29/h2-6,11,13-15H,7-10,22H2,1H3,(H2,23,27)(H,24,31)(H,25,30)(H,26,32)(H,28,29)(H,33,34). The SMILES string of the molecule is CC(NC(=O)C(CC(N)=O)NC(=O)C(Cc1ccccc1)NC(=O)C(N)CCC(=O)O)C(=O)O. The van der Waals surface area contributed by atoms with E-state index in [9.17, 15) is 28.8 Å². The summed E-state index contributed by atoms with van der Waals surface area (Å²) in [5.74, 6) is -5.99. The Bertz CT molecular complexity index is 908. The number of aliphatic carboxylic acids is 2. The average Bonchev–Trinajstić information content (AvgIpc) is 2.76. The summed E-state index contributed by atoms with van der Waals surface area (Å²) in [5, 5.41) is 24.6. The maximum atomic E-state index is 13.0. The van der Waals surface area contributed by atoms with Gasteiger partial charge in [0.1, 0.15) is 18.1 Å². The molecule has 13 nitrogen and oxygen atoms in total. The van der Waals surface area contributed by atoms with Gasteiger partial charge in [0.25, 0.3) is 0 Å². The smallest absolute Gasteiger partial charge is 0.325 e. The molecule has 0 aliphatic heterocycles. The second kappa shape index (κ2) is 13.5. The van der Waals surface area contributed by atoms with Gasteiger partial charge in [0.15, 0.2) is 0 Å². The third-order valence-electron chi connectivity index (χ3n) is 4.69. The minimum Gasteiger partial charge on any atom is -0.481 e. The lowest BCUT2D eigenvalue weighted by molar-refractivity contribution is -0.142. The van der Waals surface area contributed by atoms with Crippen molar-refractivity contribution < 1.29 is 39.0 Å². The molecule has 4 unspecified atom stereocenters. The average molecular weight is 479 g/mol. The molecule has 13 heteroatoms. The highest BCUT2D eigenvalue weighted by Crippen LogP contribution is 2.06. The van der Waals surface area contributed by atoms with Crippen LogP contribution in [0, 0.1) is 0 Å². The molecule has 1 aromatic rings. The molecule has 0 saturated heterocycles. The summed E-state index contributed by atoms with van der Waals surface area (Å²) in [6.45, 7) is 1.19. The second-order valence-corrected chi connectivity index (χ2v) is 7.59. The number of carboxylic acid groups (broad SMARTS) is 2. The summed E-state index contributed by atoms with van der Waals surface area (Å²) in [6.07, 6.45) is -1.15. The van der Waals surface area contributed by atoms with E-state index < -0.39 is 66.2 Å². The first-order chi connectivity index (χ1) is 15.9. The first kappa shape index (κ1) is 28.0. The molecule has 34 heavy (non-hydrogen) atoms. The molecular weight excluding hydrogens is 450 g/mol. The van der Waals surface area contributed by atoms with Gasteiger partial charge in [0.2, 0.25) is 23.6 Å². The Hall–Kier alpha value is -4.00. The number of carboxylic acids is 2. The third kappa shape index (κ3) is 10.1. The summed E-state index contributed by atoms with van der Waals surface area (Å²) in [7, 11) is 0. The Balaban J connectivity index is 3.04. The van der Waals surface area contributed by atoms with Crippen LogP contribution in [0.15, 0.2) is 30.3 Å². The number of nitrogens with two attached hydrogens (primary N) is 2. The van der Waals surface area contributed by atoms with E-state index in [0.717, 1.165) is 0 Å². The minimum absolute atomic E-state index is 0.0134. The van der Waals surface area contributed by atoms with Crippen molar-refractivity contribution in [3.63, 3.8) is 0 Å². The van der Waals surface area contributed by atoms with Crippen LogP contribution >= 0.6 is 0 Å². The fourth-order valence-corrected chi connectivity index (χ4v) is 2.81. The molecule has 0 bridgehead atoms. The quantitative estimate of drug-likeness (QED) is 0.154. The Kier molecular flexibility index (Phi) is 11.2. The number of hydrogen-bond donors (Lipinski definition) is 7. The van der Waals surface area contributed by atoms with E-state index in [-0.39, 0.29) is 19.3 Å². The van der Waals surface area contributed by atoms with Crippen LogP contribution in [-0.2, 0) is 35.2 Å². The van der Waals surface area contributed by atoms with Crippen LogP contribution < -0.4 is 27.4 Å². The molecule has 0 aliphatic carbocycles. The molecule has 0 spiro atoms. The lowest BCUT2D eigenvalue weighted by Gasteiger charge is -2.24. The van der Waals surface area contributed by atoms with E-state index in [0.29, 0.717) is 5.56 Å². The molecule has 0 radical (unpaired) electrons. The lowest BCUT2D eigenvalue weighted by Crippen LogP contribution is -2.58. The first-order valence-corrected chi connectivity index (χ1v) is 10.3. The highest BCUT2D eigenvalue weighted by atomic mass is 16.4. The Morgan fingerprint density at radius 3 is 1.97 bits per heavy atom. The summed E-state index contributed by atoms with van der Waals surface area (Å²) >= 11 is 0. The van der Waals surface area contributed by atoms with Crippen LogP contribution in [0.3, 0.4) is 0 Å². The highest BCUT2D eigenvalue weighted by Gasteiger charge is 2.30. The van der Waals surface area contributed by atoms with Crippen LogP contribution in [0.1, 0.15) is 31.7 Å². The Labute approximate surface area is 195 Å². The van der Waals surface area contributed by atoms with Crippen LogP contribution in [-0.4, -0.2) is 69.9 Å². The van der Waals surface area contributed by atoms with Gasteiger partial charge in [-0.05, 0) is 18.9 Å². The number of carbonyl (C=O) groups excluding carboxylic acids is 4. The molecule has 4 atom stereocenters. The summed E-state index contributed by atoms with van der Waals surface area (Å²) < 4.78 is 0. The van der Waals surface area contributed by atoms with Crippen molar-refractivity contribution in [1.29, 1.82) is 0 Å². The van der Waals surface area contributed by atoms with Crippen molar-refractivity contribution in [2.75, 3.05) is 0 Å². The van der Waals surface area contributed by atoms with Gasteiger partial charge >= 0.3 is 11.9 Å². The minimum atomic E-state index is -1.50. The van der Waals surface area contributed by atoms with Gasteiger partial charge in [-0.15, -0.1) is 0 Å². The zero-order valence-corrected chi connectivity index (χ0v) is 18.5. The maximum absolute atomic E-state index is 13.0. The van der Waals surface area contributed by atoms with Crippen molar-refractivity contribution in [1.82, 2.24) is 16.0 Å².